The third-order valence-electron chi connectivity index (χ3n) is 5.68. The van der Waals surface area contributed by atoms with Gasteiger partial charge in [-0.15, -0.1) is 0 Å². The lowest BCUT2D eigenvalue weighted by Crippen LogP contribution is -2.31. The van der Waals surface area contributed by atoms with Crippen molar-refractivity contribution in [2.75, 3.05) is 0 Å². The number of sulfonamides is 1. The fourth-order valence-electron chi connectivity index (χ4n) is 4.03. The second-order valence-electron chi connectivity index (χ2n) is 9.73. The van der Waals surface area contributed by atoms with E-state index in [-0.39, 0.29) is 6.54 Å². The summed E-state index contributed by atoms with van der Waals surface area (Å²) >= 11 is 0. The summed E-state index contributed by atoms with van der Waals surface area (Å²) in [5, 5.41) is 2.14. The molecule has 34 heavy (non-hydrogen) atoms. The molecule has 0 saturated heterocycles. The van der Waals surface area contributed by atoms with Gasteiger partial charge in [0.25, 0.3) is 10.0 Å². The molecule has 0 saturated carbocycles. The van der Waals surface area contributed by atoms with Crippen molar-refractivity contribution in [2.24, 2.45) is 0 Å². The molecular weight excluding hydrogens is 454 g/mol. The molecule has 0 N–H and O–H groups in total. The second-order valence-corrected chi connectivity index (χ2v) is 16.6. The summed E-state index contributed by atoms with van der Waals surface area (Å²) in [7, 11) is -5.64. The van der Waals surface area contributed by atoms with Gasteiger partial charge in [-0.2, -0.15) is 0 Å². The third kappa shape index (κ3) is 5.32. The fourth-order valence-corrected chi connectivity index (χ4v) is 6.72. The standard InChI is InChI=1S/C29H31NO2SSi/c1-23-17-19-26(20-18-23)33(31,32)30(21-24-11-6-5-7-12-24)29(22-34(2,3)4)28-16-10-14-25-13-8-9-15-27(25)28/h5-20,22H,21H2,1-4H3/b29-22+. The van der Waals surface area contributed by atoms with Crippen LogP contribution in [0.1, 0.15) is 16.7 Å². The average Bonchev–Trinajstić information content (AvgIpc) is 2.81. The lowest BCUT2D eigenvalue weighted by molar-refractivity contribution is 0.507. The summed E-state index contributed by atoms with van der Waals surface area (Å²) in [6, 6.07) is 31.2. The summed E-state index contributed by atoms with van der Waals surface area (Å²) in [5.41, 5.74) is 5.87. The first kappa shape index (κ1) is 24.0. The Labute approximate surface area is 204 Å². The Balaban J connectivity index is 1.99. The van der Waals surface area contributed by atoms with Crippen LogP contribution in [0, 0.1) is 6.92 Å². The zero-order valence-electron chi connectivity index (χ0n) is 20.2. The van der Waals surface area contributed by atoms with Crippen molar-refractivity contribution in [1.82, 2.24) is 4.31 Å². The van der Waals surface area contributed by atoms with Gasteiger partial charge >= 0.3 is 0 Å². The monoisotopic (exact) mass is 485 g/mol. The lowest BCUT2D eigenvalue weighted by atomic mass is 10.0. The number of fused-ring (bicyclic) bond motifs is 1. The fraction of sp³-hybridized carbons (Fsp3) is 0.172. The van der Waals surface area contributed by atoms with Gasteiger partial charge in [0.05, 0.1) is 25.2 Å². The number of hydrogen-bond donors (Lipinski definition) is 0. The molecule has 0 amide bonds. The highest BCUT2D eigenvalue weighted by atomic mass is 32.2. The number of benzene rings is 4. The molecule has 174 valence electrons. The minimum Gasteiger partial charge on any atom is -0.262 e. The van der Waals surface area contributed by atoms with Crippen LogP contribution in [0.5, 0.6) is 0 Å². The van der Waals surface area contributed by atoms with Crippen LogP contribution in [0.3, 0.4) is 0 Å². The molecule has 4 rings (SSSR count). The van der Waals surface area contributed by atoms with Gasteiger partial charge in [0.15, 0.2) is 0 Å². The average molecular weight is 486 g/mol. The van der Waals surface area contributed by atoms with Gasteiger partial charge in [0, 0.05) is 5.56 Å². The van der Waals surface area contributed by atoms with E-state index in [9.17, 15) is 8.42 Å². The number of hydrogen-bond acceptors (Lipinski definition) is 2. The Morgan fingerprint density at radius 2 is 1.41 bits per heavy atom. The van der Waals surface area contributed by atoms with Crippen molar-refractivity contribution in [2.45, 2.75) is 38.0 Å². The molecule has 4 aromatic rings. The Hall–Kier alpha value is -3.15. The molecule has 0 bridgehead atoms. The number of rotatable bonds is 7. The van der Waals surface area contributed by atoms with E-state index in [0.717, 1.165) is 33.2 Å². The van der Waals surface area contributed by atoms with Gasteiger partial charge in [-0.05, 0) is 35.4 Å². The summed E-state index contributed by atoms with van der Waals surface area (Å²) in [5.74, 6) is 0. The molecular formula is C29H31NO2SSi. The third-order valence-corrected chi connectivity index (χ3v) is 8.60. The SMILES string of the molecule is Cc1ccc(S(=O)(=O)N(Cc2ccccc2)/C(=C/[Si](C)(C)C)c2cccc3ccccc23)cc1. The normalized spacial score (nSPS) is 12.6. The topological polar surface area (TPSA) is 37.4 Å². The molecule has 0 heterocycles. The van der Waals surface area contributed by atoms with Gasteiger partial charge in [0.1, 0.15) is 0 Å². The molecule has 0 aliphatic carbocycles. The second kappa shape index (κ2) is 9.61. The quantitative estimate of drug-likeness (QED) is 0.258. The van der Waals surface area contributed by atoms with E-state index in [2.05, 4.69) is 43.5 Å². The Morgan fingerprint density at radius 3 is 2.09 bits per heavy atom. The molecule has 0 aliphatic rings. The zero-order valence-corrected chi connectivity index (χ0v) is 22.0. The maximum Gasteiger partial charge on any atom is 0.264 e. The van der Waals surface area contributed by atoms with E-state index >= 15 is 0 Å². The first-order chi connectivity index (χ1) is 16.1. The number of nitrogens with zero attached hydrogens (tertiary/aromatic N) is 1. The highest BCUT2D eigenvalue weighted by molar-refractivity contribution is 7.89. The van der Waals surface area contributed by atoms with Gasteiger partial charge in [-0.3, -0.25) is 4.31 Å². The van der Waals surface area contributed by atoms with Crippen LogP contribution in [-0.4, -0.2) is 20.8 Å². The summed E-state index contributed by atoms with van der Waals surface area (Å²) in [6.45, 7) is 8.92. The maximum absolute atomic E-state index is 14.2. The van der Waals surface area contributed by atoms with Gasteiger partial charge < -0.3 is 0 Å². The molecule has 4 aromatic carbocycles. The predicted molar refractivity (Wildman–Crippen MR) is 146 cm³/mol. The van der Waals surface area contributed by atoms with E-state index < -0.39 is 18.1 Å². The molecule has 0 fully saturated rings. The molecule has 3 nitrogen and oxygen atoms in total. The van der Waals surface area contributed by atoms with E-state index in [1.165, 1.54) is 0 Å². The first-order valence-corrected chi connectivity index (χ1v) is 16.5. The van der Waals surface area contributed by atoms with Crippen LogP contribution < -0.4 is 0 Å². The van der Waals surface area contributed by atoms with Crippen molar-refractivity contribution in [3.05, 3.63) is 119 Å². The molecule has 5 heteroatoms. The van der Waals surface area contributed by atoms with Gasteiger partial charge in [-0.1, -0.05) is 116 Å². The van der Waals surface area contributed by atoms with E-state index in [1.54, 1.807) is 16.4 Å². The lowest BCUT2D eigenvalue weighted by Gasteiger charge is -2.30. The van der Waals surface area contributed by atoms with E-state index in [4.69, 9.17) is 0 Å². The molecule has 0 spiro atoms. The molecule has 0 aliphatic heterocycles. The molecule has 0 atom stereocenters. The van der Waals surface area contributed by atoms with Crippen molar-refractivity contribution < 1.29 is 8.42 Å². The minimum atomic E-state index is -3.82. The Morgan fingerprint density at radius 1 is 0.794 bits per heavy atom. The van der Waals surface area contributed by atoms with Crippen molar-refractivity contribution in [3.63, 3.8) is 0 Å². The van der Waals surface area contributed by atoms with E-state index in [1.807, 2.05) is 73.7 Å². The van der Waals surface area contributed by atoms with Crippen molar-refractivity contribution >= 4 is 34.6 Å². The largest absolute Gasteiger partial charge is 0.264 e. The van der Waals surface area contributed by atoms with Crippen molar-refractivity contribution in [3.8, 4) is 0 Å². The van der Waals surface area contributed by atoms with Gasteiger partial charge in [-0.25, -0.2) is 8.42 Å². The first-order valence-electron chi connectivity index (χ1n) is 11.5. The Bertz CT molecular complexity index is 1420. The summed E-state index contributed by atoms with van der Waals surface area (Å²) in [4.78, 5) is 0.302. The van der Waals surface area contributed by atoms with Crippen LogP contribution >= 0.6 is 0 Å². The zero-order chi connectivity index (χ0) is 24.3. The summed E-state index contributed by atoms with van der Waals surface area (Å²) < 4.78 is 30.0. The highest BCUT2D eigenvalue weighted by Gasteiger charge is 2.30. The Kier molecular flexibility index (Phi) is 6.78. The van der Waals surface area contributed by atoms with Crippen LogP contribution in [-0.2, 0) is 16.6 Å². The predicted octanol–water partition coefficient (Wildman–Crippen LogP) is 7.26. The van der Waals surface area contributed by atoms with Crippen molar-refractivity contribution in [1.29, 1.82) is 0 Å². The smallest absolute Gasteiger partial charge is 0.262 e. The summed E-state index contributed by atoms with van der Waals surface area (Å²) in [6.07, 6.45) is 0. The minimum absolute atomic E-state index is 0.261. The van der Waals surface area contributed by atoms with Crippen LogP contribution in [0.25, 0.3) is 16.5 Å². The number of aryl methyl sites for hydroxylation is 1. The van der Waals surface area contributed by atoms with Crippen LogP contribution in [0.4, 0.5) is 0 Å². The molecule has 0 unspecified atom stereocenters. The molecule has 0 radical (unpaired) electrons. The van der Waals surface area contributed by atoms with Crippen LogP contribution in [0.15, 0.2) is 108 Å². The van der Waals surface area contributed by atoms with Crippen LogP contribution in [0.2, 0.25) is 19.6 Å². The molecule has 0 aromatic heterocycles. The maximum atomic E-state index is 14.2. The van der Waals surface area contributed by atoms with E-state index in [0.29, 0.717) is 4.90 Å². The van der Waals surface area contributed by atoms with Gasteiger partial charge in [0.2, 0.25) is 0 Å². The highest BCUT2D eigenvalue weighted by Crippen LogP contribution is 2.34.